The van der Waals surface area contributed by atoms with Crippen LogP contribution >= 0.6 is 0 Å². The molecule has 1 unspecified atom stereocenters. The molecular formula is C12H20O3. The summed E-state index contributed by atoms with van der Waals surface area (Å²) in [6.07, 6.45) is 5.36. The van der Waals surface area contributed by atoms with Crippen molar-refractivity contribution >= 4 is 0 Å². The van der Waals surface area contributed by atoms with Crippen LogP contribution in [0.25, 0.3) is 0 Å². The van der Waals surface area contributed by atoms with Crippen LogP contribution in [0.5, 0.6) is 0 Å². The van der Waals surface area contributed by atoms with E-state index in [2.05, 4.69) is 0 Å². The normalized spacial score (nSPS) is 35.5. The largest absolute Gasteiger partial charge is 0.495 e. The van der Waals surface area contributed by atoms with Gasteiger partial charge in [0.1, 0.15) is 11.4 Å². The first kappa shape index (κ1) is 11.0. The fourth-order valence-electron chi connectivity index (χ4n) is 2.43. The van der Waals surface area contributed by atoms with E-state index in [1.807, 2.05) is 19.9 Å². The van der Waals surface area contributed by atoms with Crippen molar-refractivity contribution in [2.45, 2.75) is 50.7 Å². The zero-order chi connectivity index (χ0) is 10.9. The maximum Gasteiger partial charge on any atom is 0.126 e. The highest BCUT2D eigenvalue weighted by atomic mass is 16.5. The molecule has 2 heterocycles. The summed E-state index contributed by atoms with van der Waals surface area (Å²) in [7, 11) is 0. The monoisotopic (exact) mass is 212 g/mol. The Hall–Kier alpha value is -0.540. The highest BCUT2D eigenvalue weighted by Gasteiger charge is 2.43. The van der Waals surface area contributed by atoms with Gasteiger partial charge in [0.2, 0.25) is 0 Å². The molecule has 3 nitrogen and oxygen atoms in total. The van der Waals surface area contributed by atoms with E-state index in [1.165, 1.54) is 0 Å². The fourth-order valence-corrected chi connectivity index (χ4v) is 2.43. The molecule has 1 fully saturated rings. The third-order valence-corrected chi connectivity index (χ3v) is 3.12. The van der Waals surface area contributed by atoms with Gasteiger partial charge >= 0.3 is 0 Å². The fraction of sp³-hybridized carbons (Fsp3) is 0.833. The third-order valence-electron chi connectivity index (χ3n) is 3.12. The Bertz CT molecular complexity index is 270. The smallest absolute Gasteiger partial charge is 0.126 e. The summed E-state index contributed by atoms with van der Waals surface area (Å²) in [6.45, 7) is 5.36. The molecule has 0 bridgehead atoms. The molecule has 2 rings (SSSR count). The zero-order valence-corrected chi connectivity index (χ0v) is 9.58. The van der Waals surface area contributed by atoms with Gasteiger partial charge in [0.25, 0.3) is 0 Å². The molecule has 0 spiro atoms. The summed E-state index contributed by atoms with van der Waals surface area (Å²) in [5.74, 6) is 0.769. The average Bonchev–Trinajstić information content (AvgIpc) is 2.17. The van der Waals surface area contributed by atoms with Gasteiger partial charge in [0.15, 0.2) is 0 Å². The van der Waals surface area contributed by atoms with Crippen molar-refractivity contribution < 1.29 is 14.6 Å². The van der Waals surface area contributed by atoms with E-state index in [0.29, 0.717) is 19.4 Å². The zero-order valence-electron chi connectivity index (χ0n) is 9.58. The lowest BCUT2D eigenvalue weighted by Crippen LogP contribution is -2.47. The van der Waals surface area contributed by atoms with Gasteiger partial charge in [-0.3, -0.25) is 0 Å². The third kappa shape index (κ3) is 2.34. The standard InChI is InChI=1S/C12H20O3/c1-11(2)9-12(13,6-8-15-11)10-5-3-4-7-14-10/h5,13H,3-4,6-9H2,1-2H3. The molecule has 1 saturated heterocycles. The van der Waals surface area contributed by atoms with Crippen LogP contribution in [-0.4, -0.2) is 29.5 Å². The molecule has 1 N–H and O–H groups in total. The molecular weight excluding hydrogens is 192 g/mol. The van der Waals surface area contributed by atoms with Crippen molar-refractivity contribution in [3.8, 4) is 0 Å². The predicted octanol–water partition coefficient (Wildman–Crippen LogP) is 2.00. The second kappa shape index (κ2) is 3.80. The number of aliphatic hydroxyl groups is 1. The Morgan fingerprint density at radius 2 is 2.13 bits per heavy atom. The number of hydrogen-bond donors (Lipinski definition) is 1. The summed E-state index contributed by atoms with van der Waals surface area (Å²) >= 11 is 0. The Labute approximate surface area is 91.1 Å². The summed E-state index contributed by atoms with van der Waals surface area (Å²) in [5.41, 5.74) is -1.06. The minimum atomic E-state index is -0.803. The van der Waals surface area contributed by atoms with E-state index in [4.69, 9.17) is 9.47 Å². The van der Waals surface area contributed by atoms with Crippen molar-refractivity contribution in [2.75, 3.05) is 13.2 Å². The molecule has 0 aromatic heterocycles. The lowest BCUT2D eigenvalue weighted by atomic mass is 9.82. The number of hydrogen-bond acceptors (Lipinski definition) is 3. The van der Waals surface area contributed by atoms with E-state index < -0.39 is 5.60 Å². The lowest BCUT2D eigenvalue weighted by Gasteiger charge is -2.42. The Morgan fingerprint density at radius 3 is 2.73 bits per heavy atom. The molecule has 0 aliphatic carbocycles. The first-order valence-corrected chi connectivity index (χ1v) is 5.72. The Balaban J connectivity index is 2.14. The summed E-state index contributed by atoms with van der Waals surface area (Å²) < 4.78 is 11.2. The summed E-state index contributed by atoms with van der Waals surface area (Å²) in [6, 6.07) is 0. The first-order chi connectivity index (χ1) is 7.02. The molecule has 2 aliphatic rings. The second-order valence-electron chi connectivity index (χ2n) is 5.13. The molecule has 3 heteroatoms. The quantitative estimate of drug-likeness (QED) is 0.722. The minimum absolute atomic E-state index is 0.255. The Kier molecular flexibility index (Phi) is 2.77. The van der Waals surface area contributed by atoms with Crippen molar-refractivity contribution in [3.63, 3.8) is 0 Å². The van der Waals surface area contributed by atoms with E-state index in [1.54, 1.807) is 0 Å². The molecule has 0 aromatic carbocycles. The topological polar surface area (TPSA) is 38.7 Å². The minimum Gasteiger partial charge on any atom is -0.495 e. The van der Waals surface area contributed by atoms with Crippen LogP contribution < -0.4 is 0 Å². The van der Waals surface area contributed by atoms with Crippen LogP contribution in [0.15, 0.2) is 11.8 Å². The molecule has 86 valence electrons. The van der Waals surface area contributed by atoms with Gasteiger partial charge in [-0.05, 0) is 32.8 Å². The SMILES string of the molecule is CC1(C)CC(O)(C2=CCCCO2)CCO1. The molecule has 0 aromatic rings. The average molecular weight is 212 g/mol. The Morgan fingerprint density at radius 1 is 1.33 bits per heavy atom. The molecule has 0 radical (unpaired) electrons. The van der Waals surface area contributed by atoms with E-state index >= 15 is 0 Å². The van der Waals surface area contributed by atoms with Gasteiger partial charge in [0, 0.05) is 12.8 Å². The summed E-state index contributed by atoms with van der Waals surface area (Å²) in [5, 5.41) is 10.6. The molecule has 0 saturated carbocycles. The predicted molar refractivity (Wildman–Crippen MR) is 57.5 cm³/mol. The molecule has 15 heavy (non-hydrogen) atoms. The number of rotatable bonds is 1. The van der Waals surface area contributed by atoms with Gasteiger partial charge in [0.05, 0.1) is 18.8 Å². The highest BCUT2D eigenvalue weighted by molar-refractivity contribution is 5.14. The summed E-state index contributed by atoms with van der Waals surface area (Å²) in [4.78, 5) is 0. The van der Waals surface area contributed by atoms with Crippen molar-refractivity contribution in [3.05, 3.63) is 11.8 Å². The molecule has 1 atom stereocenters. The van der Waals surface area contributed by atoms with Crippen LogP contribution in [0.3, 0.4) is 0 Å². The highest BCUT2D eigenvalue weighted by Crippen LogP contribution is 2.38. The van der Waals surface area contributed by atoms with Gasteiger partial charge in [-0.2, -0.15) is 0 Å². The van der Waals surface area contributed by atoms with Crippen LogP contribution in [0, 0.1) is 0 Å². The van der Waals surface area contributed by atoms with Crippen molar-refractivity contribution in [1.29, 1.82) is 0 Å². The first-order valence-electron chi connectivity index (χ1n) is 5.72. The molecule has 2 aliphatic heterocycles. The maximum atomic E-state index is 10.6. The van der Waals surface area contributed by atoms with Crippen molar-refractivity contribution in [2.24, 2.45) is 0 Å². The van der Waals surface area contributed by atoms with E-state index in [-0.39, 0.29) is 5.60 Å². The number of ether oxygens (including phenoxy) is 2. The second-order valence-corrected chi connectivity index (χ2v) is 5.13. The van der Waals surface area contributed by atoms with Gasteiger partial charge in [-0.25, -0.2) is 0 Å². The van der Waals surface area contributed by atoms with E-state index in [9.17, 15) is 5.11 Å². The van der Waals surface area contributed by atoms with Crippen LogP contribution in [0.1, 0.15) is 39.5 Å². The maximum absolute atomic E-state index is 10.6. The van der Waals surface area contributed by atoms with Crippen LogP contribution in [0.4, 0.5) is 0 Å². The van der Waals surface area contributed by atoms with Crippen LogP contribution in [0.2, 0.25) is 0 Å². The van der Waals surface area contributed by atoms with E-state index in [0.717, 1.165) is 25.2 Å². The molecule has 0 amide bonds. The number of allylic oxidation sites excluding steroid dienone is 1. The van der Waals surface area contributed by atoms with Gasteiger partial charge in [-0.1, -0.05) is 0 Å². The van der Waals surface area contributed by atoms with Crippen molar-refractivity contribution in [1.82, 2.24) is 0 Å². The van der Waals surface area contributed by atoms with Crippen LogP contribution in [-0.2, 0) is 9.47 Å². The van der Waals surface area contributed by atoms with Gasteiger partial charge in [-0.15, -0.1) is 0 Å². The van der Waals surface area contributed by atoms with Gasteiger partial charge < -0.3 is 14.6 Å². The lowest BCUT2D eigenvalue weighted by molar-refractivity contribution is -0.145.